The number of hydrogen-bond donors (Lipinski definition) is 3. The van der Waals surface area contributed by atoms with Crippen molar-refractivity contribution < 1.29 is 14.3 Å². The number of aliphatic hydroxyl groups excluding tert-OH is 1. The van der Waals surface area contributed by atoms with E-state index in [1.54, 1.807) is 19.1 Å². The number of fused-ring (bicyclic) bond motifs is 4. The molecule has 3 aliphatic rings. The second-order valence-corrected chi connectivity index (χ2v) is 10.4. The van der Waals surface area contributed by atoms with E-state index in [4.69, 9.17) is 0 Å². The van der Waals surface area contributed by atoms with Crippen molar-refractivity contribution in [3.05, 3.63) is 65.7 Å². The van der Waals surface area contributed by atoms with Gasteiger partial charge in [0, 0.05) is 31.7 Å². The SMILES string of the molecule is C=C(O)C12CCC(CNc3cn(C)c4c(C(=O)NCc5ccc(F)c(C)c5)ncnc34)(CC1)CC2. The number of carbonyl (C=O) groups excluding carboxylic acids is 1. The number of rotatable bonds is 7. The Balaban J connectivity index is 1.31. The number of aryl methyl sites for hydroxylation is 2. The molecule has 3 aliphatic carbocycles. The van der Waals surface area contributed by atoms with Gasteiger partial charge in [0.1, 0.15) is 23.2 Å². The predicted molar refractivity (Wildman–Crippen MR) is 134 cm³/mol. The second kappa shape index (κ2) is 8.66. The van der Waals surface area contributed by atoms with Crippen molar-refractivity contribution in [3.8, 4) is 0 Å². The lowest BCUT2D eigenvalue weighted by atomic mass is 9.53. The number of carbonyl (C=O) groups is 1. The van der Waals surface area contributed by atoms with Gasteiger partial charge in [0.2, 0.25) is 0 Å². The number of nitrogens with zero attached hydrogens (tertiary/aromatic N) is 3. The quantitative estimate of drug-likeness (QED) is 0.408. The summed E-state index contributed by atoms with van der Waals surface area (Å²) in [5, 5.41) is 16.6. The van der Waals surface area contributed by atoms with E-state index in [1.165, 1.54) is 12.4 Å². The van der Waals surface area contributed by atoms with Crippen molar-refractivity contribution in [2.75, 3.05) is 11.9 Å². The molecule has 1 amide bonds. The van der Waals surface area contributed by atoms with Gasteiger partial charge in [-0.2, -0.15) is 0 Å². The smallest absolute Gasteiger partial charge is 0.272 e. The van der Waals surface area contributed by atoms with E-state index < -0.39 is 0 Å². The van der Waals surface area contributed by atoms with Crippen LogP contribution in [0, 0.1) is 23.6 Å². The first-order valence-corrected chi connectivity index (χ1v) is 12.2. The third-order valence-corrected chi connectivity index (χ3v) is 8.31. The van der Waals surface area contributed by atoms with Gasteiger partial charge in [-0.15, -0.1) is 0 Å². The second-order valence-electron chi connectivity index (χ2n) is 10.4. The monoisotopic (exact) mass is 477 g/mol. The van der Waals surface area contributed by atoms with Crippen LogP contribution in [0.25, 0.3) is 11.0 Å². The maximum Gasteiger partial charge on any atom is 0.272 e. The fourth-order valence-corrected chi connectivity index (χ4v) is 5.85. The maximum atomic E-state index is 13.5. The van der Waals surface area contributed by atoms with Crippen molar-refractivity contribution in [2.24, 2.45) is 17.9 Å². The minimum Gasteiger partial charge on any atom is -0.512 e. The fraction of sp³-hybridized carbons (Fsp3) is 0.444. The first kappa shape index (κ1) is 23.3. The summed E-state index contributed by atoms with van der Waals surface area (Å²) in [5.74, 6) is -0.212. The Kier molecular flexibility index (Phi) is 5.77. The molecule has 1 aromatic carbocycles. The summed E-state index contributed by atoms with van der Waals surface area (Å²) in [7, 11) is 1.89. The van der Waals surface area contributed by atoms with Crippen LogP contribution < -0.4 is 10.6 Å². The van der Waals surface area contributed by atoms with Crippen LogP contribution >= 0.6 is 0 Å². The molecule has 8 heteroatoms. The Morgan fingerprint density at radius 1 is 1.20 bits per heavy atom. The molecule has 2 aromatic heterocycles. The van der Waals surface area contributed by atoms with Crippen LogP contribution in [0.5, 0.6) is 0 Å². The van der Waals surface area contributed by atoms with E-state index in [0.717, 1.165) is 56.3 Å². The lowest BCUT2D eigenvalue weighted by molar-refractivity contribution is -0.000293. The molecule has 0 radical (unpaired) electrons. The lowest BCUT2D eigenvalue weighted by Crippen LogP contribution is -2.45. The van der Waals surface area contributed by atoms with Gasteiger partial charge in [-0.05, 0) is 68.1 Å². The number of aromatic nitrogens is 3. The average molecular weight is 478 g/mol. The van der Waals surface area contributed by atoms with Gasteiger partial charge in [0.15, 0.2) is 5.69 Å². The molecule has 2 heterocycles. The zero-order valence-corrected chi connectivity index (χ0v) is 20.3. The van der Waals surface area contributed by atoms with Crippen molar-refractivity contribution in [1.82, 2.24) is 19.9 Å². The largest absolute Gasteiger partial charge is 0.512 e. The molecule has 3 aromatic rings. The molecule has 3 fully saturated rings. The third kappa shape index (κ3) is 4.15. The standard InChI is InChI=1S/C27H32FN5O2/c1-17-12-19(4-5-20(17)28)13-29-25(35)23-24-22(31-16-32-23)21(14-33(24)3)30-15-26-6-9-27(10-7-26,11-8-26)18(2)34/h4-5,12,14,16,30,34H,2,6-11,13,15H2,1,3H3,(H,29,35). The molecule has 2 bridgehead atoms. The number of hydrogen-bond acceptors (Lipinski definition) is 5. The molecule has 3 saturated carbocycles. The van der Waals surface area contributed by atoms with Gasteiger partial charge in [-0.25, -0.2) is 14.4 Å². The Hall–Kier alpha value is -3.42. The molecule has 0 atom stereocenters. The topological polar surface area (TPSA) is 92.1 Å². The Morgan fingerprint density at radius 2 is 1.91 bits per heavy atom. The van der Waals surface area contributed by atoms with Crippen molar-refractivity contribution in [2.45, 2.75) is 52.0 Å². The minimum absolute atomic E-state index is 0.0801. The normalized spacial score (nSPS) is 23.4. The van der Waals surface area contributed by atoms with Crippen LogP contribution in [0.4, 0.5) is 10.1 Å². The maximum absolute atomic E-state index is 13.5. The first-order chi connectivity index (χ1) is 16.7. The molecule has 7 nitrogen and oxygen atoms in total. The Labute approximate surface area is 204 Å². The number of amides is 1. The third-order valence-electron chi connectivity index (χ3n) is 8.31. The van der Waals surface area contributed by atoms with Crippen LogP contribution in [0.2, 0.25) is 0 Å². The van der Waals surface area contributed by atoms with Crippen LogP contribution in [0.15, 0.2) is 43.1 Å². The summed E-state index contributed by atoms with van der Waals surface area (Å²) >= 11 is 0. The Bertz CT molecular complexity index is 1290. The molecule has 0 spiro atoms. The van der Waals surface area contributed by atoms with E-state index in [1.807, 2.05) is 17.8 Å². The summed E-state index contributed by atoms with van der Waals surface area (Å²) in [6.45, 7) is 6.65. The highest BCUT2D eigenvalue weighted by Crippen LogP contribution is 2.59. The Morgan fingerprint density at radius 3 is 2.57 bits per heavy atom. The predicted octanol–water partition coefficient (Wildman–Crippen LogP) is 5.17. The molecule has 184 valence electrons. The zero-order chi connectivity index (χ0) is 24.8. The van der Waals surface area contributed by atoms with Gasteiger partial charge < -0.3 is 20.3 Å². The van der Waals surface area contributed by atoms with E-state index in [2.05, 4.69) is 27.2 Å². The van der Waals surface area contributed by atoms with Crippen molar-refractivity contribution in [1.29, 1.82) is 0 Å². The van der Waals surface area contributed by atoms with Gasteiger partial charge in [0.05, 0.1) is 11.4 Å². The first-order valence-electron chi connectivity index (χ1n) is 12.2. The fourth-order valence-electron chi connectivity index (χ4n) is 5.85. The van der Waals surface area contributed by atoms with E-state index in [-0.39, 0.29) is 29.1 Å². The van der Waals surface area contributed by atoms with Gasteiger partial charge in [-0.1, -0.05) is 18.7 Å². The van der Waals surface area contributed by atoms with Crippen molar-refractivity contribution in [3.63, 3.8) is 0 Å². The summed E-state index contributed by atoms with van der Waals surface area (Å²) in [5.41, 5.74) is 4.07. The number of anilines is 1. The lowest BCUT2D eigenvalue weighted by Gasteiger charge is -2.53. The number of aliphatic hydroxyl groups is 1. The highest BCUT2D eigenvalue weighted by atomic mass is 19.1. The van der Waals surface area contributed by atoms with Crippen molar-refractivity contribution >= 4 is 22.6 Å². The summed E-state index contributed by atoms with van der Waals surface area (Å²) in [6, 6.07) is 4.80. The summed E-state index contributed by atoms with van der Waals surface area (Å²) in [6.07, 6.45) is 9.53. The number of halogens is 1. The van der Waals surface area contributed by atoms with Crippen LogP contribution in [-0.4, -0.2) is 32.1 Å². The number of benzene rings is 1. The molecule has 0 aliphatic heterocycles. The molecular weight excluding hydrogens is 445 g/mol. The van der Waals surface area contributed by atoms with E-state index in [0.29, 0.717) is 28.0 Å². The van der Waals surface area contributed by atoms with E-state index in [9.17, 15) is 14.3 Å². The van der Waals surface area contributed by atoms with Gasteiger partial charge in [0.25, 0.3) is 5.91 Å². The molecule has 35 heavy (non-hydrogen) atoms. The van der Waals surface area contributed by atoms with Crippen LogP contribution in [-0.2, 0) is 13.6 Å². The average Bonchev–Trinajstić information content (AvgIpc) is 3.20. The molecular formula is C27H32FN5O2. The molecule has 3 N–H and O–H groups in total. The number of nitrogens with one attached hydrogen (secondary N) is 2. The van der Waals surface area contributed by atoms with Crippen LogP contribution in [0.1, 0.15) is 60.1 Å². The zero-order valence-electron chi connectivity index (χ0n) is 20.3. The highest BCUT2D eigenvalue weighted by molar-refractivity contribution is 6.06. The minimum atomic E-state index is -0.300. The summed E-state index contributed by atoms with van der Waals surface area (Å²) < 4.78 is 15.4. The molecule has 6 rings (SSSR count). The van der Waals surface area contributed by atoms with Crippen LogP contribution in [0.3, 0.4) is 0 Å². The molecule has 0 unspecified atom stereocenters. The summed E-state index contributed by atoms with van der Waals surface area (Å²) in [4.78, 5) is 21.8. The van der Waals surface area contributed by atoms with E-state index >= 15 is 0 Å². The van der Waals surface area contributed by atoms with Gasteiger partial charge >= 0.3 is 0 Å². The number of allylic oxidation sites excluding steroid dienone is 1. The van der Waals surface area contributed by atoms with Gasteiger partial charge in [-0.3, -0.25) is 4.79 Å². The molecule has 0 saturated heterocycles. The highest BCUT2D eigenvalue weighted by Gasteiger charge is 2.50.